The number of nitrogens with one attached hydrogen (secondary N) is 2. The Bertz CT molecular complexity index is 1180. The van der Waals surface area contributed by atoms with Crippen molar-refractivity contribution in [2.45, 2.75) is 19.5 Å². The van der Waals surface area contributed by atoms with Gasteiger partial charge in [-0.25, -0.2) is 9.97 Å². The van der Waals surface area contributed by atoms with Crippen molar-refractivity contribution >= 4 is 34.0 Å². The number of pyridine rings is 1. The number of aromatic nitrogens is 4. The molecule has 1 atom stereocenters. The Labute approximate surface area is 161 Å². The molecule has 0 aliphatic heterocycles. The maximum atomic E-state index is 11.6. The van der Waals surface area contributed by atoms with Crippen LogP contribution in [0.15, 0.2) is 35.0 Å². The molecule has 9 heteroatoms. The molecular weight excluding hydrogens is 358 g/mol. The summed E-state index contributed by atoms with van der Waals surface area (Å²) in [6.07, 6.45) is 1.49. The Morgan fingerprint density at radius 1 is 1.32 bits per heavy atom. The van der Waals surface area contributed by atoms with Crippen molar-refractivity contribution in [3.63, 3.8) is 0 Å². The fraction of sp³-hybridized carbons (Fsp3) is 0.263. The molecule has 0 bridgehead atoms. The van der Waals surface area contributed by atoms with E-state index >= 15 is 0 Å². The molecule has 4 rings (SSSR count). The van der Waals surface area contributed by atoms with E-state index in [9.17, 15) is 4.79 Å². The lowest BCUT2D eigenvalue weighted by Crippen LogP contribution is -2.33. The van der Waals surface area contributed by atoms with Crippen LogP contribution in [-0.4, -0.2) is 32.5 Å². The van der Waals surface area contributed by atoms with Crippen LogP contribution in [0.1, 0.15) is 25.1 Å². The van der Waals surface area contributed by atoms with Crippen LogP contribution in [0.25, 0.3) is 33.7 Å². The molecule has 0 spiro atoms. The molecule has 4 aromatic rings. The van der Waals surface area contributed by atoms with E-state index in [1.807, 2.05) is 35.9 Å². The van der Waals surface area contributed by atoms with Crippen molar-refractivity contribution in [2.24, 2.45) is 12.8 Å². The minimum Gasteiger partial charge on any atom is -0.418 e. The first-order chi connectivity index (χ1) is 13.5. The topological polar surface area (TPSA) is 124 Å². The molecule has 0 unspecified atom stereocenters. The lowest BCUT2D eigenvalue weighted by Gasteiger charge is -2.14. The van der Waals surface area contributed by atoms with Crippen LogP contribution in [0.3, 0.4) is 0 Å². The number of nitrogens with zero attached hydrogens (tertiary/aromatic N) is 4. The molecule has 0 saturated heterocycles. The third-order valence-corrected chi connectivity index (χ3v) is 4.58. The van der Waals surface area contributed by atoms with Gasteiger partial charge in [-0.1, -0.05) is 19.1 Å². The summed E-state index contributed by atoms with van der Waals surface area (Å²) in [6.45, 7) is 1.78. The molecule has 3 heterocycles. The molecule has 0 radical (unpaired) electrons. The van der Waals surface area contributed by atoms with E-state index in [0.717, 1.165) is 22.2 Å². The van der Waals surface area contributed by atoms with Gasteiger partial charge < -0.3 is 25.4 Å². The molecular formula is C19H21N7O2. The predicted molar refractivity (Wildman–Crippen MR) is 106 cm³/mol. The molecule has 0 aliphatic carbocycles. The van der Waals surface area contributed by atoms with Crippen molar-refractivity contribution in [1.29, 1.82) is 0 Å². The molecule has 28 heavy (non-hydrogen) atoms. The summed E-state index contributed by atoms with van der Waals surface area (Å²) < 4.78 is 7.82. The van der Waals surface area contributed by atoms with Crippen molar-refractivity contribution in [3.8, 4) is 11.5 Å². The number of oxazole rings is 1. The van der Waals surface area contributed by atoms with E-state index < -0.39 is 6.17 Å². The number of amides is 1. The summed E-state index contributed by atoms with van der Waals surface area (Å²) in [5.74, 6) is 0.945. The fourth-order valence-electron chi connectivity index (χ4n) is 3.10. The standard InChI is InChI=1S/C19H21N7O2/c1-4-12(27)23-16(20)10-6-5-7-11(8-10)18-24-14-15-13(22-9-26(15)3)17(21-2)25-19(14)28-18/h5-9,16H,4,20H2,1-3H3,(H,21,25)(H,23,27)/t16-/m0/s1. The molecule has 0 saturated carbocycles. The number of anilines is 1. The Hall–Kier alpha value is -3.46. The van der Waals surface area contributed by atoms with Gasteiger partial charge in [-0.15, -0.1) is 0 Å². The third-order valence-electron chi connectivity index (χ3n) is 4.58. The lowest BCUT2D eigenvalue weighted by atomic mass is 10.1. The summed E-state index contributed by atoms with van der Waals surface area (Å²) in [5.41, 5.74) is 10.2. The van der Waals surface area contributed by atoms with Gasteiger partial charge in [0.15, 0.2) is 11.3 Å². The SMILES string of the molecule is CCC(=O)N[C@H](N)c1cccc(-c2nc3c(nc(NC)c4ncn(C)c43)o2)c1. The highest BCUT2D eigenvalue weighted by atomic mass is 16.4. The number of hydrogen-bond donors (Lipinski definition) is 3. The fourth-order valence-corrected chi connectivity index (χ4v) is 3.10. The second kappa shape index (κ2) is 6.93. The van der Waals surface area contributed by atoms with E-state index in [-0.39, 0.29) is 5.91 Å². The Balaban J connectivity index is 1.80. The number of fused-ring (bicyclic) bond motifs is 3. The number of aryl methyl sites for hydroxylation is 1. The molecule has 1 aromatic carbocycles. The van der Waals surface area contributed by atoms with Gasteiger partial charge in [-0.05, 0) is 17.7 Å². The summed E-state index contributed by atoms with van der Waals surface area (Å²) in [7, 11) is 3.69. The first kappa shape index (κ1) is 17.9. The molecule has 144 valence electrons. The first-order valence-electron chi connectivity index (χ1n) is 8.96. The van der Waals surface area contributed by atoms with Gasteiger partial charge in [-0.2, -0.15) is 4.98 Å². The van der Waals surface area contributed by atoms with E-state index in [4.69, 9.17) is 10.2 Å². The van der Waals surface area contributed by atoms with Crippen LogP contribution in [0, 0.1) is 0 Å². The van der Waals surface area contributed by atoms with Crippen molar-refractivity contribution < 1.29 is 9.21 Å². The highest BCUT2D eigenvalue weighted by molar-refractivity contribution is 6.03. The van der Waals surface area contributed by atoms with Crippen molar-refractivity contribution in [1.82, 2.24) is 24.8 Å². The number of rotatable bonds is 5. The Morgan fingerprint density at radius 2 is 2.14 bits per heavy atom. The summed E-state index contributed by atoms with van der Waals surface area (Å²) in [5, 5.41) is 5.79. The van der Waals surface area contributed by atoms with E-state index in [0.29, 0.717) is 29.4 Å². The molecule has 0 aliphatic rings. The van der Waals surface area contributed by atoms with E-state index in [1.54, 1.807) is 20.3 Å². The number of hydrogen-bond acceptors (Lipinski definition) is 7. The van der Waals surface area contributed by atoms with Gasteiger partial charge in [0, 0.05) is 26.1 Å². The molecule has 4 N–H and O–H groups in total. The zero-order valence-corrected chi connectivity index (χ0v) is 15.9. The first-order valence-corrected chi connectivity index (χ1v) is 8.96. The normalized spacial score (nSPS) is 12.4. The summed E-state index contributed by atoms with van der Waals surface area (Å²) >= 11 is 0. The monoisotopic (exact) mass is 379 g/mol. The quantitative estimate of drug-likeness (QED) is 0.455. The van der Waals surface area contributed by atoms with Crippen LogP contribution in [0.2, 0.25) is 0 Å². The summed E-state index contributed by atoms with van der Waals surface area (Å²) in [6, 6.07) is 7.43. The van der Waals surface area contributed by atoms with Crippen LogP contribution in [0.5, 0.6) is 0 Å². The molecule has 9 nitrogen and oxygen atoms in total. The van der Waals surface area contributed by atoms with E-state index in [2.05, 4.69) is 25.6 Å². The average Bonchev–Trinajstić information content (AvgIpc) is 3.30. The maximum Gasteiger partial charge on any atom is 0.251 e. The van der Waals surface area contributed by atoms with Gasteiger partial charge in [-0.3, -0.25) is 4.79 Å². The lowest BCUT2D eigenvalue weighted by molar-refractivity contribution is -0.121. The highest BCUT2D eigenvalue weighted by Gasteiger charge is 2.19. The highest BCUT2D eigenvalue weighted by Crippen LogP contribution is 2.31. The average molecular weight is 379 g/mol. The van der Waals surface area contributed by atoms with Gasteiger partial charge in [0.05, 0.1) is 6.33 Å². The Kier molecular flexibility index (Phi) is 4.44. The van der Waals surface area contributed by atoms with E-state index in [1.165, 1.54) is 0 Å². The zero-order chi connectivity index (χ0) is 19.8. The minimum absolute atomic E-state index is 0.109. The van der Waals surface area contributed by atoms with Gasteiger partial charge in [0.1, 0.15) is 17.2 Å². The maximum absolute atomic E-state index is 11.6. The van der Waals surface area contributed by atoms with Gasteiger partial charge in [0.2, 0.25) is 11.8 Å². The molecule has 3 aromatic heterocycles. The number of carbonyl (C=O) groups is 1. The summed E-state index contributed by atoms with van der Waals surface area (Å²) in [4.78, 5) is 25.2. The molecule has 0 fully saturated rings. The van der Waals surface area contributed by atoms with Crippen molar-refractivity contribution in [3.05, 3.63) is 36.2 Å². The largest absolute Gasteiger partial charge is 0.418 e. The second-order valence-electron chi connectivity index (χ2n) is 6.46. The predicted octanol–water partition coefficient (Wildman–Crippen LogP) is 2.30. The van der Waals surface area contributed by atoms with Crippen LogP contribution < -0.4 is 16.4 Å². The van der Waals surface area contributed by atoms with Crippen molar-refractivity contribution in [2.75, 3.05) is 12.4 Å². The smallest absolute Gasteiger partial charge is 0.251 e. The number of nitrogens with two attached hydrogens (primary N) is 1. The van der Waals surface area contributed by atoms with Crippen LogP contribution >= 0.6 is 0 Å². The number of benzene rings is 1. The Morgan fingerprint density at radius 3 is 2.89 bits per heavy atom. The van der Waals surface area contributed by atoms with Gasteiger partial charge >= 0.3 is 0 Å². The zero-order valence-electron chi connectivity index (χ0n) is 15.9. The number of carbonyl (C=O) groups excluding carboxylic acids is 1. The second-order valence-corrected chi connectivity index (χ2v) is 6.46. The van der Waals surface area contributed by atoms with Crippen LogP contribution in [0.4, 0.5) is 5.82 Å². The minimum atomic E-state index is -0.602. The number of imidazole rings is 1. The van der Waals surface area contributed by atoms with Crippen LogP contribution in [-0.2, 0) is 11.8 Å². The molecule has 1 amide bonds. The third kappa shape index (κ3) is 2.95. The van der Waals surface area contributed by atoms with Gasteiger partial charge in [0.25, 0.3) is 5.71 Å².